The topological polar surface area (TPSA) is 97.1 Å². The number of carbonyl (C=O) groups is 2. The molecule has 0 atom stereocenters. The molecule has 0 radical (unpaired) electrons. The van der Waals surface area contributed by atoms with Crippen molar-refractivity contribution in [3.63, 3.8) is 0 Å². The Morgan fingerprint density at radius 1 is 1.40 bits per heavy atom. The molecule has 0 N–H and O–H groups in total. The van der Waals surface area contributed by atoms with E-state index in [0.29, 0.717) is 28.0 Å². The Balaban J connectivity index is 1.87. The summed E-state index contributed by atoms with van der Waals surface area (Å²) in [7, 11) is 4.92. The Kier molecular flexibility index (Phi) is 5.06. The quantitative estimate of drug-likeness (QED) is 0.644. The molecule has 134 valence electrons. The van der Waals surface area contributed by atoms with Gasteiger partial charge in [-0.1, -0.05) is 23.1 Å². The maximum Gasteiger partial charge on any atom is 0.281 e. The molecule has 0 saturated heterocycles. The summed E-state index contributed by atoms with van der Waals surface area (Å²) in [4.78, 5) is 44.4. The molecule has 0 aliphatic carbocycles. The van der Waals surface area contributed by atoms with Crippen LogP contribution in [0.3, 0.4) is 0 Å². The van der Waals surface area contributed by atoms with Crippen molar-refractivity contribution in [1.29, 1.82) is 0 Å². The van der Waals surface area contributed by atoms with Crippen LogP contribution in [0.2, 0.25) is 0 Å². The minimum atomic E-state index is -0.338. The summed E-state index contributed by atoms with van der Waals surface area (Å²) in [5, 5.41) is 4.23. The molecule has 0 aromatic carbocycles. The van der Waals surface area contributed by atoms with Crippen LogP contribution in [0.4, 0.5) is 0 Å². The first-order valence-electron chi connectivity index (χ1n) is 7.46. The predicted molar refractivity (Wildman–Crippen MR) is 93.2 cm³/mol. The molecular formula is C14H17N5O4S2. The van der Waals surface area contributed by atoms with Gasteiger partial charge in [-0.05, 0) is 0 Å². The van der Waals surface area contributed by atoms with Gasteiger partial charge in [-0.15, -0.1) is 5.10 Å². The van der Waals surface area contributed by atoms with E-state index in [1.807, 2.05) is 0 Å². The number of hydrogen-bond donors (Lipinski definition) is 0. The monoisotopic (exact) mass is 383 g/mol. The van der Waals surface area contributed by atoms with Crippen LogP contribution < -0.4 is 5.56 Å². The van der Waals surface area contributed by atoms with Crippen LogP contribution in [0.15, 0.2) is 9.13 Å². The molecule has 0 saturated carbocycles. The fourth-order valence-electron chi connectivity index (χ4n) is 2.29. The number of carbonyl (C=O) groups excluding carboxylic acids is 2. The molecular weight excluding hydrogens is 366 g/mol. The molecule has 0 unspecified atom stereocenters. The number of hydrogen-bond acceptors (Lipinski definition) is 8. The Bertz CT molecular complexity index is 891. The largest absolute Gasteiger partial charge is 0.383 e. The zero-order valence-corrected chi connectivity index (χ0v) is 15.6. The summed E-state index contributed by atoms with van der Waals surface area (Å²) >= 11 is 2.44. The fraction of sp³-hybridized carbons (Fsp3) is 0.500. The molecule has 0 fully saturated rings. The molecule has 9 nitrogen and oxygen atoms in total. The average Bonchev–Trinajstić information content (AvgIpc) is 3.13. The van der Waals surface area contributed by atoms with Gasteiger partial charge in [0.2, 0.25) is 10.9 Å². The Morgan fingerprint density at radius 2 is 2.16 bits per heavy atom. The number of aromatic nitrogens is 3. The Hall–Kier alpha value is -1.98. The van der Waals surface area contributed by atoms with Crippen LogP contribution in [0.1, 0.15) is 16.1 Å². The lowest BCUT2D eigenvalue weighted by molar-refractivity contribution is -0.125. The van der Waals surface area contributed by atoms with Crippen molar-refractivity contribution >= 4 is 39.9 Å². The lowest BCUT2D eigenvalue weighted by Gasteiger charge is -2.13. The zero-order valence-electron chi connectivity index (χ0n) is 14.0. The zero-order chi connectivity index (χ0) is 18.1. The van der Waals surface area contributed by atoms with Gasteiger partial charge in [0.25, 0.3) is 11.5 Å². The van der Waals surface area contributed by atoms with Crippen molar-refractivity contribution in [1.82, 2.24) is 24.4 Å². The third-order valence-corrected chi connectivity index (χ3v) is 5.73. The molecule has 3 heterocycles. The van der Waals surface area contributed by atoms with Crippen molar-refractivity contribution in [2.45, 2.75) is 10.9 Å². The summed E-state index contributed by atoms with van der Waals surface area (Å²) in [6.45, 7) is 1.02. The van der Waals surface area contributed by atoms with E-state index in [9.17, 15) is 14.4 Å². The second-order valence-electron chi connectivity index (χ2n) is 5.60. The van der Waals surface area contributed by atoms with E-state index in [2.05, 4.69) is 10.1 Å². The fourth-order valence-corrected chi connectivity index (χ4v) is 4.19. The molecule has 1 aliphatic heterocycles. The first kappa shape index (κ1) is 17.8. The van der Waals surface area contributed by atoms with E-state index < -0.39 is 0 Å². The lowest BCUT2D eigenvalue weighted by atomic mass is 10.3. The summed E-state index contributed by atoms with van der Waals surface area (Å²) in [6.07, 6.45) is 0. The molecule has 2 aromatic rings. The summed E-state index contributed by atoms with van der Waals surface area (Å²) in [6, 6.07) is 0. The standard InChI is InChI=1S/C14H17N5O4S2/c1-17(2)9(20)7-24-14-16-19-11(21)8-6-18(4-5-23-3)12(22)10(8)15-13(19)25-14/h4-7H2,1-3H3. The molecule has 0 spiro atoms. The highest BCUT2D eigenvalue weighted by molar-refractivity contribution is 8.01. The van der Waals surface area contributed by atoms with E-state index in [0.717, 1.165) is 0 Å². The molecule has 2 amide bonds. The van der Waals surface area contributed by atoms with Crippen molar-refractivity contribution in [3.8, 4) is 0 Å². The molecule has 25 heavy (non-hydrogen) atoms. The smallest absolute Gasteiger partial charge is 0.281 e. The van der Waals surface area contributed by atoms with Crippen LogP contribution in [0.25, 0.3) is 4.96 Å². The maximum atomic E-state index is 12.6. The maximum absolute atomic E-state index is 12.6. The summed E-state index contributed by atoms with van der Waals surface area (Å²) < 4.78 is 6.75. The SMILES string of the molecule is COCCN1Cc2c(nc3sc(SCC(=O)N(C)C)nn3c2=O)C1=O. The predicted octanol–water partition coefficient (Wildman–Crippen LogP) is -0.0665. The average molecular weight is 383 g/mol. The van der Waals surface area contributed by atoms with Crippen molar-refractivity contribution in [3.05, 3.63) is 21.6 Å². The number of nitrogens with zero attached hydrogens (tertiary/aromatic N) is 5. The van der Waals surface area contributed by atoms with Gasteiger partial charge >= 0.3 is 0 Å². The highest BCUT2D eigenvalue weighted by Gasteiger charge is 2.32. The first-order chi connectivity index (χ1) is 11.9. The van der Waals surface area contributed by atoms with E-state index in [1.165, 1.54) is 37.4 Å². The Labute approximate surface area is 151 Å². The van der Waals surface area contributed by atoms with Gasteiger partial charge < -0.3 is 14.5 Å². The van der Waals surface area contributed by atoms with E-state index in [-0.39, 0.29) is 35.4 Å². The molecule has 1 aliphatic rings. The second-order valence-corrected chi connectivity index (χ2v) is 7.78. The van der Waals surface area contributed by atoms with Gasteiger partial charge in [0.1, 0.15) is 5.69 Å². The molecule has 3 rings (SSSR count). The number of rotatable bonds is 6. The van der Waals surface area contributed by atoms with E-state index in [4.69, 9.17) is 4.74 Å². The van der Waals surface area contributed by atoms with Gasteiger partial charge in [0.15, 0.2) is 4.34 Å². The third kappa shape index (κ3) is 3.39. The van der Waals surface area contributed by atoms with Gasteiger partial charge in [0, 0.05) is 27.7 Å². The summed E-state index contributed by atoms with van der Waals surface area (Å²) in [5.74, 6) is -0.0848. The molecule has 0 bridgehead atoms. The van der Waals surface area contributed by atoms with Crippen LogP contribution in [-0.4, -0.2) is 76.3 Å². The highest BCUT2D eigenvalue weighted by Crippen LogP contribution is 2.25. The minimum Gasteiger partial charge on any atom is -0.383 e. The molecule has 2 aromatic heterocycles. The normalized spacial score (nSPS) is 13.6. The number of fused-ring (bicyclic) bond motifs is 2. The van der Waals surface area contributed by atoms with Crippen LogP contribution >= 0.6 is 23.1 Å². The highest BCUT2D eigenvalue weighted by atomic mass is 32.2. The minimum absolute atomic E-state index is 0.0454. The third-order valence-electron chi connectivity index (χ3n) is 3.71. The number of ether oxygens (including phenoxy) is 1. The van der Waals surface area contributed by atoms with Gasteiger partial charge in [-0.25, -0.2) is 4.98 Å². The van der Waals surface area contributed by atoms with Crippen LogP contribution in [0, 0.1) is 0 Å². The van der Waals surface area contributed by atoms with Crippen molar-refractivity contribution < 1.29 is 14.3 Å². The van der Waals surface area contributed by atoms with E-state index >= 15 is 0 Å². The molecule has 11 heteroatoms. The lowest BCUT2D eigenvalue weighted by Crippen LogP contribution is -2.28. The van der Waals surface area contributed by atoms with Crippen molar-refractivity contribution in [2.75, 3.05) is 40.1 Å². The van der Waals surface area contributed by atoms with Gasteiger partial charge in [-0.2, -0.15) is 4.52 Å². The van der Waals surface area contributed by atoms with Crippen LogP contribution in [0.5, 0.6) is 0 Å². The summed E-state index contributed by atoms with van der Waals surface area (Å²) in [5.41, 5.74) is 0.200. The first-order valence-corrected chi connectivity index (χ1v) is 9.26. The number of methoxy groups -OCH3 is 1. The van der Waals surface area contributed by atoms with E-state index in [1.54, 1.807) is 21.2 Å². The number of amides is 2. The van der Waals surface area contributed by atoms with Crippen LogP contribution in [-0.2, 0) is 16.1 Å². The number of thioether (sulfide) groups is 1. The second kappa shape index (κ2) is 7.10. The van der Waals surface area contributed by atoms with Gasteiger partial charge in [-0.3, -0.25) is 14.4 Å². The Morgan fingerprint density at radius 3 is 2.84 bits per heavy atom. The van der Waals surface area contributed by atoms with Gasteiger partial charge in [0.05, 0.1) is 24.5 Å². The van der Waals surface area contributed by atoms with Crippen molar-refractivity contribution in [2.24, 2.45) is 0 Å².